The highest BCUT2D eigenvalue weighted by atomic mass is 32.2. The molecule has 126 valence electrons. The van der Waals surface area contributed by atoms with E-state index < -0.39 is 9.84 Å². The number of sulfone groups is 1. The molecule has 1 saturated carbocycles. The second-order valence-electron chi connectivity index (χ2n) is 6.50. The van der Waals surface area contributed by atoms with Crippen molar-refractivity contribution in [3.63, 3.8) is 0 Å². The summed E-state index contributed by atoms with van der Waals surface area (Å²) in [6.45, 7) is 2.03. The van der Waals surface area contributed by atoms with Crippen LogP contribution in [0.15, 0.2) is 53.4 Å². The van der Waals surface area contributed by atoms with Gasteiger partial charge in [0.2, 0.25) is 0 Å². The molecule has 1 atom stereocenters. The fraction of sp³-hybridized carbons (Fsp3) is 0.316. The van der Waals surface area contributed by atoms with E-state index in [2.05, 4.69) is 5.32 Å². The minimum absolute atomic E-state index is 0.0278. The third kappa shape index (κ3) is 3.85. The molecule has 0 saturated heterocycles. The van der Waals surface area contributed by atoms with Crippen LogP contribution in [0.1, 0.15) is 40.4 Å². The summed E-state index contributed by atoms with van der Waals surface area (Å²) in [6.07, 6.45) is 3.34. The van der Waals surface area contributed by atoms with Gasteiger partial charge in [0.15, 0.2) is 9.84 Å². The first-order valence-electron chi connectivity index (χ1n) is 8.02. The highest BCUT2D eigenvalue weighted by molar-refractivity contribution is 7.90. The van der Waals surface area contributed by atoms with Crippen molar-refractivity contribution in [2.45, 2.75) is 30.7 Å². The van der Waals surface area contributed by atoms with Gasteiger partial charge in [-0.3, -0.25) is 4.79 Å². The molecule has 1 unspecified atom stereocenters. The average Bonchev–Trinajstić information content (AvgIpc) is 3.37. The lowest BCUT2D eigenvalue weighted by atomic mass is 10.0. The molecule has 2 aromatic carbocycles. The molecule has 0 spiro atoms. The van der Waals surface area contributed by atoms with Gasteiger partial charge >= 0.3 is 0 Å². The van der Waals surface area contributed by atoms with Crippen molar-refractivity contribution in [2.24, 2.45) is 5.92 Å². The second-order valence-corrected chi connectivity index (χ2v) is 8.51. The van der Waals surface area contributed by atoms with Crippen LogP contribution in [0.5, 0.6) is 0 Å². The minimum atomic E-state index is -3.33. The number of aryl methyl sites for hydroxylation is 1. The molecule has 1 N–H and O–H groups in total. The molecule has 3 rings (SSSR count). The number of carbonyl (C=O) groups is 1. The molecular weight excluding hydrogens is 322 g/mol. The predicted octanol–water partition coefficient (Wildman–Crippen LogP) is 3.28. The van der Waals surface area contributed by atoms with Crippen LogP contribution in [-0.4, -0.2) is 20.6 Å². The molecule has 0 bridgehead atoms. The summed E-state index contributed by atoms with van der Waals surface area (Å²) in [7, 11) is -3.33. The highest BCUT2D eigenvalue weighted by Crippen LogP contribution is 2.41. The number of hydrogen-bond acceptors (Lipinski definition) is 3. The number of hydrogen-bond donors (Lipinski definition) is 1. The first-order valence-corrected chi connectivity index (χ1v) is 9.91. The number of rotatable bonds is 5. The number of nitrogens with one attached hydrogen (secondary N) is 1. The molecule has 5 heteroatoms. The van der Waals surface area contributed by atoms with Gasteiger partial charge in [-0.2, -0.15) is 0 Å². The summed E-state index contributed by atoms with van der Waals surface area (Å²) in [5, 5.41) is 3.08. The SMILES string of the molecule is Cc1ccc(C(NC(=O)c2cccc(S(C)(=O)=O)c2)C2CC2)cc1. The summed E-state index contributed by atoms with van der Waals surface area (Å²) in [5.41, 5.74) is 2.65. The Hall–Kier alpha value is -2.14. The lowest BCUT2D eigenvalue weighted by Crippen LogP contribution is -2.30. The molecule has 24 heavy (non-hydrogen) atoms. The Balaban J connectivity index is 1.83. The summed E-state index contributed by atoms with van der Waals surface area (Å²) in [6, 6.07) is 14.3. The molecule has 1 amide bonds. The molecule has 4 nitrogen and oxygen atoms in total. The maximum absolute atomic E-state index is 12.6. The van der Waals surface area contributed by atoms with Gasteiger partial charge in [0.25, 0.3) is 5.91 Å². The van der Waals surface area contributed by atoms with E-state index in [1.807, 2.05) is 31.2 Å². The quantitative estimate of drug-likeness (QED) is 0.906. The standard InChI is InChI=1S/C19H21NO3S/c1-13-6-8-14(9-7-13)18(15-10-11-15)20-19(21)16-4-3-5-17(12-16)24(2,22)23/h3-9,12,15,18H,10-11H2,1-2H3,(H,20,21). The third-order valence-electron chi connectivity index (χ3n) is 4.34. The van der Waals surface area contributed by atoms with Gasteiger partial charge in [-0.1, -0.05) is 35.9 Å². The largest absolute Gasteiger partial charge is 0.345 e. The Kier molecular flexibility index (Phi) is 4.45. The Morgan fingerprint density at radius 1 is 1.12 bits per heavy atom. The molecule has 0 heterocycles. The molecule has 1 aliphatic carbocycles. The average molecular weight is 343 g/mol. The van der Waals surface area contributed by atoms with E-state index in [4.69, 9.17) is 0 Å². The van der Waals surface area contributed by atoms with E-state index in [1.54, 1.807) is 12.1 Å². The van der Waals surface area contributed by atoms with Crippen molar-refractivity contribution in [2.75, 3.05) is 6.26 Å². The van der Waals surface area contributed by atoms with Gasteiger partial charge in [0, 0.05) is 11.8 Å². The molecule has 1 fully saturated rings. The number of amides is 1. The predicted molar refractivity (Wildman–Crippen MR) is 93.7 cm³/mol. The topological polar surface area (TPSA) is 63.2 Å². The maximum Gasteiger partial charge on any atom is 0.251 e. The van der Waals surface area contributed by atoms with E-state index in [0.717, 1.165) is 24.7 Å². The van der Waals surface area contributed by atoms with E-state index in [-0.39, 0.29) is 16.8 Å². The van der Waals surface area contributed by atoms with Crippen molar-refractivity contribution in [3.8, 4) is 0 Å². The van der Waals surface area contributed by atoms with Gasteiger partial charge < -0.3 is 5.32 Å². The van der Waals surface area contributed by atoms with Crippen molar-refractivity contribution >= 4 is 15.7 Å². The van der Waals surface area contributed by atoms with Gasteiger partial charge in [0.1, 0.15) is 0 Å². The maximum atomic E-state index is 12.6. The van der Waals surface area contributed by atoms with Crippen LogP contribution in [0.4, 0.5) is 0 Å². The lowest BCUT2D eigenvalue weighted by molar-refractivity contribution is 0.0931. The van der Waals surface area contributed by atoms with Crippen LogP contribution in [0, 0.1) is 12.8 Å². The van der Waals surface area contributed by atoms with Crippen LogP contribution in [0.2, 0.25) is 0 Å². The lowest BCUT2D eigenvalue weighted by Gasteiger charge is -2.19. The van der Waals surface area contributed by atoms with Gasteiger partial charge in [-0.15, -0.1) is 0 Å². The molecule has 0 aliphatic heterocycles. The molecular formula is C19H21NO3S. The van der Waals surface area contributed by atoms with E-state index in [0.29, 0.717) is 11.5 Å². The monoisotopic (exact) mass is 343 g/mol. The van der Waals surface area contributed by atoms with Gasteiger partial charge in [0.05, 0.1) is 10.9 Å². The fourth-order valence-corrected chi connectivity index (χ4v) is 3.44. The number of benzene rings is 2. The molecule has 0 aromatic heterocycles. The van der Waals surface area contributed by atoms with E-state index in [1.165, 1.54) is 17.7 Å². The highest BCUT2D eigenvalue weighted by Gasteiger charge is 2.33. The minimum Gasteiger partial charge on any atom is -0.345 e. The molecule has 1 aliphatic rings. The van der Waals surface area contributed by atoms with Gasteiger partial charge in [-0.25, -0.2) is 8.42 Å². The van der Waals surface area contributed by atoms with Gasteiger partial charge in [-0.05, 0) is 49.4 Å². The van der Waals surface area contributed by atoms with Crippen LogP contribution in [-0.2, 0) is 9.84 Å². The zero-order valence-electron chi connectivity index (χ0n) is 13.8. The first-order chi connectivity index (χ1) is 11.3. The molecule has 2 aromatic rings. The smallest absolute Gasteiger partial charge is 0.251 e. The number of carbonyl (C=O) groups excluding carboxylic acids is 1. The summed E-state index contributed by atoms with van der Waals surface area (Å²) in [4.78, 5) is 12.8. The van der Waals surface area contributed by atoms with E-state index in [9.17, 15) is 13.2 Å². The van der Waals surface area contributed by atoms with Crippen molar-refractivity contribution in [1.29, 1.82) is 0 Å². The summed E-state index contributed by atoms with van der Waals surface area (Å²) >= 11 is 0. The van der Waals surface area contributed by atoms with Crippen LogP contribution in [0.3, 0.4) is 0 Å². The Morgan fingerprint density at radius 2 is 1.79 bits per heavy atom. The van der Waals surface area contributed by atoms with Crippen LogP contribution < -0.4 is 5.32 Å². The first kappa shape index (κ1) is 16.7. The second kappa shape index (κ2) is 6.40. The van der Waals surface area contributed by atoms with Crippen molar-refractivity contribution in [1.82, 2.24) is 5.32 Å². The molecule has 0 radical (unpaired) electrons. The summed E-state index contributed by atoms with van der Waals surface area (Å²) in [5.74, 6) is 0.215. The van der Waals surface area contributed by atoms with E-state index >= 15 is 0 Å². The third-order valence-corrected chi connectivity index (χ3v) is 5.45. The zero-order valence-corrected chi connectivity index (χ0v) is 14.6. The summed E-state index contributed by atoms with van der Waals surface area (Å²) < 4.78 is 23.3. The van der Waals surface area contributed by atoms with Crippen molar-refractivity contribution < 1.29 is 13.2 Å². The normalized spacial score (nSPS) is 15.8. The van der Waals surface area contributed by atoms with Crippen LogP contribution >= 0.6 is 0 Å². The fourth-order valence-electron chi connectivity index (χ4n) is 2.77. The zero-order chi connectivity index (χ0) is 17.3. The van der Waals surface area contributed by atoms with Crippen molar-refractivity contribution in [3.05, 3.63) is 65.2 Å². The Labute approximate surface area is 142 Å². The van der Waals surface area contributed by atoms with Crippen LogP contribution in [0.25, 0.3) is 0 Å². The Morgan fingerprint density at radius 3 is 2.38 bits per heavy atom. The Bertz CT molecular complexity index is 852.